The summed E-state index contributed by atoms with van der Waals surface area (Å²) in [5.74, 6) is 0. The molecular weight excluding hydrogens is 314 g/mol. The molecule has 0 aliphatic heterocycles. The van der Waals surface area contributed by atoms with E-state index in [1.165, 1.54) is 16.8 Å². The van der Waals surface area contributed by atoms with Crippen molar-refractivity contribution < 1.29 is 0 Å². The maximum Gasteiger partial charge on any atom is 0.0672 e. The lowest BCUT2D eigenvalue weighted by molar-refractivity contribution is 0.637. The largest absolute Gasteiger partial charge is 0.324 e. The molecule has 0 aliphatic rings. The van der Waals surface area contributed by atoms with E-state index >= 15 is 0 Å². The molecule has 108 valence electrons. The van der Waals surface area contributed by atoms with Gasteiger partial charge in [-0.2, -0.15) is 5.10 Å². The molecule has 1 aromatic heterocycles. The van der Waals surface area contributed by atoms with Gasteiger partial charge in [-0.15, -0.1) is 0 Å². The molecule has 0 spiro atoms. The monoisotopic (exact) mass is 335 g/mol. The molecule has 3 nitrogen and oxygen atoms in total. The second-order valence-electron chi connectivity index (χ2n) is 5.09. The van der Waals surface area contributed by atoms with Crippen molar-refractivity contribution in [3.63, 3.8) is 0 Å². The molecule has 0 saturated carbocycles. The lowest BCUT2D eigenvalue weighted by Crippen LogP contribution is -2.11. The molecular formula is C16H22BrN3. The number of rotatable bonds is 5. The van der Waals surface area contributed by atoms with Gasteiger partial charge >= 0.3 is 0 Å². The molecule has 0 aliphatic carbocycles. The summed E-state index contributed by atoms with van der Waals surface area (Å²) in [5, 5.41) is 4.77. The average molecular weight is 336 g/mol. The number of nitrogens with two attached hydrogens (primary N) is 1. The summed E-state index contributed by atoms with van der Waals surface area (Å²) in [6, 6.07) is 8.40. The van der Waals surface area contributed by atoms with Crippen LogP contribution in [0.4, 0.5) is 0 Å². The van der Waals surface area contributed by atoms with Crippen molar-refractivity contribution in [1.82, 2.24) is 9.78 Å². The maximum absolute atomic E-state index is 6.14. The molecule has 2 aromatic rings. The summed E-state index contributed by atoms with van der Waals surface area (Å²) in [5.41, 5.74) is 11.0. The Kier molecular flexibility index (Phi) is 5.00. The Bertz CT molecular complexity index is 587. The van der Waals surface area contributed by atoms with E-state index in [2.05, 4.69) is 52.7 Å². The Balaban J connectivity index is 2.41. The lowest BCUT2D eigenvalue weighted by Gasteiger charge is -2.10. The number of benzene rings is 1. The first-order valence-corrected chi connectivity index (χ1v) is 7.94. The molecule has 1 heterocycles. The van der Waals surface area contributed by atoms with Crippen LogP contribution >= 0.6 is 15.9 Å². The quantitative estimate of drug-likeness (QED) is 0.902. The van der Waals surface area contributed by atoms with Gasteiger partial charge in [0, 0.05) is 21.8 Å². The van der Waals surface area contributed by atoms with Crippen LogP contribution in [0.15, 0.2) is 28.7 Å². The summed E-state index contributed by atoms with van der Waals surface area (Å²) in [7, 11) is 0. The minimum absolute atomic E-state index is 0.0381. The van der Waals surface area contributed by atoms with Crippen molar-refractivity contribution in [2.75, 3.05) is 0 Å². The van der Waals surface area contributed by atoms with Gasteiger partial charge in [-0.3, -0.25) is 4.68 Å². The van der Waals surface area contributed by atoms with Crippen LogP contribution in [0.2, 0.25) is 0 Å². The Labute approximate surface area is 129 Å². The fourth-order valence-corrected chi connectivity index (χ4v) is 3.11. The van der Waals surface area contributed by atoms with Crippen molar-refractivity contribution in [1.29, 1.82) is 0 Å². The topological polar surface area (TPSA) is 43.8 Å². The van der Waals surface area contributed by atoms with Crippen molar-refractivity contribution in [2.45, 2.75) is 46.2 Å². The van der Waals surface area contributed by atoms with Gasteiger partial charge in [0.2, 0.25) is 0 Å². The number of halogens is 1. The van der Waals surface area contributed by atoms with Crippen LogP contribution in [0.3, 0.4) is 0 Å². The Morgan fingerprint density at radius 2 is 2.05 bits per heavy atom. The van der Waals surface area contributed by atoms with E-state index in [-0.39, 0.29) is 6.04 Å². The molecule has 0 saturated heterocycles. The minimum atomic E-state index is 0.0381. The Morgan fingerprint density at radius 3 is 2.60 bits per heavy atom. The second kappa shape index (κ2) is 6.55. The van der Waals surface area contributed by atoms with Crippen LogP contribution < -0.4 is 5.73 Å². The Morgan fingerprint density at radius 1 is 1.30 bits per heavy atom. The van der Waals surface area contributed by atoms with Gasteiger partial charge in [0.25, 0.3) is 0 Å². The standard InChI is InChI=1S/C16H22BrN3/c1-4-14-16(11(3)18)15(5-2)20(19-14)10-12-7-6-8-13(17)9-12/h6-9,11H,4-5,10,18H2,1-3H3. The molecule has 0 fully saturated rings. The van der Waals surface area contributed by atoms with Crippen molar-refractivity contribution in [3.8, 4) is 0 Å². The predicted octanol–water partition coefficient (Wildman–Crippen LogP) is 3.84. The maximum atomic E-state index is 6.14. The van der Waals surface area contributed by atoms with E-state index in [1.807, 2.05) is 13.0 Å². The van der Waals surface area contributed by atoms with E-state index in [9.17, 15) is 0 Å². The first-order valence-electron chi connectivity index (χ1n) is 7.15. The molecule has 0 bridgehead atoms. The van der Waals surface area contributed by atoms with E-state index in [1.54, 1.807) is 0 Å². The summed E-state index contributed by atoms with van der Waals surface area (Å²) in [6.07, 6.45) is 1.88. The number of hydrogen-bond donors (Lipinski definition) is 1. The molecule has 0 radical (unpaired) electrons. The third-order valence-electron chi connectivity index (χ3n) is 3.52. The molecule has 2 N–H and O–H groups in total. The van der Waals surface area contributed by atoms with Crippen LogP contribution in [-0.4, -0.2) is 9.78 Å². The van der Waals surface area contributed by atoms with Gasteiger partial charge in [-0.05, 0) is 37.5 Å². The molecule has 1 unspecified atom stereocenters. The van der Waals surface area contributed by atoms with E-state index in [4.69, 9.17) is 10.8 Å². The smallest absolute Gasteiger partial charge is 0.0672 e. The zero-order valence-corrected chi connectivity index (χ0v) is 13.9. The number of aromatic nitrogens is 2. The molecule has 20 heavy (non-hydrogen) atoms. The van der Waals surface area contributed by atoms with Gasteiger partial charge in [0.15, 0.2) is 0 Å². The molecule has 0 amide bonds. The highest BCUT2D eigenvalue weighted by atomic mass is 79.9. The van der Waals surface area contributed by atoms with E-state index in [0.717, 1.165) is 29.6 Å². The van der Waals surface area contributed by atoms with E-state index < -0.39 is 0 Å². The highest BCUT2D eigenvalue weighted by Gasteiger charge is 2.18. The normalized spacial score (nSPS) is 12.7. The van der Waals surface area contributed by atoms with E-state index in [0.29, 0.717) is 0 Å². The van der Waals surface area contributed by atoms with Crippen molar-refractivity contribution in [3.05, 3.63) is 51.3 Å². The summed E-state index contributed by atoms with van der Waals surface area (Å²) >= 11 is 3.52. The second-order valence-corrected chi connectivity index (χ2v) is 6.01. The molecule has 2 rings (SSSR count). The van der Waals surface area contributed by atoms with Crippen LogP contribution in [0.25, 0.3) is 0 Å². The highest BCUT2D eigenvalue weighted by Crippen LogP contribution is 2.23. The predicted molar refractivity (Wildman–Crippen MR) is 86.8 cm³/mol. The average Bonchev–Trinajstić information content (AvgIpc) is 2.76. The van der Waals surface area contributed by atoms with Gasteiger partial charge in [-0.1, -0.05) is 41.9 Å². The van der Waals surface area contributed by atoms with Crippen LogP contribution in [-0.2, 0) is 19.4 Å². The summed E-state index contributed by atoms with van der Waals surface area (Å²) < 4.78 is 3.21. The first kappa shape index (κ1) is 15.3. The fraction of sp³-hybridized carbons (Fsp3) is 0.438. The highest BCUT2D eigenvalue weighted by molar-refractivity contribution is 9.10. The number of nitrogens with zero attached hydrogens (tertiary/aromatic N) is 2. The van der Waals surface area contributed by atoms with Crippen LogP contribution in [0.5, 0.6) is 0 Å². The summed E-state index contributed by atoms with van der Waals surface area (Å²) in [6.45, 7) is 7.14. The minimum Gasteiger partial charge on any atom is -0.324 e. The third kappa shape index (κ3) is 3.13. The molecule has 1 atom stereocenters. The lowest BCUT2D eigenvalue weighted by atomic mass is 10.0. The third-order valence-corrected chi connectivity index (χ3v) is 4.01. The van der Waals surface area contributed by atoms with Crippen molar-refractivity contribution >= 4 is 15.9 Å². The fourth-order valence-electron chi connectivity index (χ4n) is 2.66. The zero-order chi connectivity index (χ0) is 14.7. The molecule has 4 heteroatoms. The van der Waals surface area contributed by atoms with Gasteiger partial charge < -0.3 is 5.73 Å². The van der Waals surface area contributed by atoms with Crippen LogP contribution in [0.1, 0.15) is 49.3 Å². The first-order chi connectivity index (χ1) is 9.56. The van der Waals surface area contributed by atoms with Gasteiger partial charge in [-0.25, -0.2) is 0 Å². The number of aryl methyl sites for hydroxylation is 1. The summed E-state index contributed by atoms with van der Waals surface area (Å²) in [4.78, 5) is 0. The zero-order valence-electron chi connectivity index (χ0n) is 12.4. The molecule has 1 aromatic carbocycles. The van der Waals surface area contributed by atoms with Gasteiger partial charge in [0.05, 0.1) is 12.2 Å². The number of hydrogen-bond acceptors (Lipinski definition) is 2. The Hall–Kier alpha value is -1.13. The van der Waals surface area contributed by atoms with Crippen molar-refractivity contribution in [2.24, 2.45) is 5.73 Å². The van der Waals surface area contributed by atoms with Gasteiger partial charge in [0.1, 0.15) is 0 Å². The van der Waals surface area contributed by atoms with Crippen LogP contribution in [0, 0.1) is 0 Å². The SMILES string of the molecule is CCc1nn(Cc2cccc(Br)c2)c(CC)c1C(C)N.